The molecule has 0 aliphatic heterocycles. The fourth-order valence-corrected chi connectivity index (χ4v) is 10.1. The maximum atomic E-state index is 12.8. The Morgan fingerprint density at radius 3 is 0.694 bits per heavy atom. The van der Waals surface area contributed by atoms with E-state index in [4.69, 9.17) is 14.2 Å². The van der Waals surface area contributed by atoms with Crippen molar-refractivity contribution in [2.75, 3.05) is 13.2 Å². The molecule has 0 aromatic carbocycles. The summed E-state index contributed by atoms with van der Waals surface area (Å²) >= 11 is 0. The first-order valence-corrected chi connectivity index (χ1v) is 32.7. The molecule has 1 atom stereocenters. The molecule has 0 aliphatic rings. The topological polar surface area (TPSA) is 78.9 Å². The molecule has 0 spiro atoms. The summed E-state index contributed by atoms with van der Waals surface area (Å²) in [5.41, 5.74) is 0. The largest absolute Gasteiger partial charge is 0.462 e. The van der Waals surface area contributed by atoms with Crippen LogP contribution in [0.15, 0.2) is 12.2 Å². The van der Waals surface area contributed by atoms with Crippen LogP contribution in [0.1, 0.15) is 374 Å². The lowest BCUT2D eigenvalue weighted by Gasteiger charge is -2.18. The number of hydrogen-bond donors (Lipinski definition) is 0. The summed E-state index contributed by atoms with van der Waals surface area (Å²) in [5.74, 6) is -0.840. The van der Waals surface area contributed by atoms with Gasteiger partial charge in [-0.15, -0.1) is 0 Å². The van der Waals surface area contributed by atoms with Gasteiger partial charge in [0.1, 0.15) is 13.2 Å². The SMILES string of the molecule is CCCCCCCCCC/C=C\CCCCCCCCCCCCCCCCCCCCCCCC(=O)OCC(COC(=O)CCCCCCCCCCCC)OC(=O)CCCCCCCCCCCCC. The molecule has 0 N–H and O–H groups in total. The van der Waals surface area contributed by atoms with Gasteiger partial charge in [-0.25, -0.2) is 0 Å². The van der Waals surface area contributed by atoms with E-state index in [2.05, 4.69) is 32.9 Å². The quantitative estimate of drug-likeness (QED) is 0.0261. The highest BCUT2D eigenvalue weighted by Gasteiger charge is 2.19. The number of esters is 3. The fraction of sp³-hybridized carbons (Fsp3) is 0.924. The van der Waals surface area contributed by atoms with Gasteiger partial charge >= 0.3 is 17.9 Å². The Hall–Kier alpha value is -1.85. The Kier molecular flexibility index (Phi) is 60.1. The van der Waals surface area contributed by atoms with Gasteiger partial charge in [-0.05, 0) is 44.9 Å². The van der Waals surface area contributed by atoms with E-state index >= 15 is 0 Å². The smallest absolute Gasteiger partial charge is 0.306 e. The molecular formula is C66H126O6. The van der Waals surface area contributed by atoms with Crippen molar-refractivity contribution in [2.45, 2.75) is 380 Å². The summed E-state index contributed by atoms with van der Waals surface area (Å²) in [5, 5.41) is 0. The maximum absolute atomic E-state index is 12.8. The number of hydrogen-bond acceptors (Lipinski definition) is 6. The predicted octanol–water partition coefficient (Wildman–Crippen LogP) is 22.1. The van der Waals surface area contributed by atoms with Gasteiger partial charge in [0.2, 0.25) is 0 Å². The molecule has 0 rings (SSSR count). The minimum Gasteiger partial charge on any atom is -0.462 e. The Morgan fingerprint density at radius 2 is 0.458 bits per heavy atom. The van der Waals surface area contributed by atoms with Crippen molar-refractivity contribution < 1.29 is 28.6 Å². The van der Waals surface area contributed by atoms with Gasteiger partial charge in [-0.2, -0.15) is 0 Å². The predicted molar refractivity (Wildman–Crippen MR) is 312 cm³/mol. The highest BCUT2D eigenvalue weighted by atomic mass is 16.6. The van der Waals surface area contributed by atoms with Crippen molar-refractivity contribution in [1.82, 2.24) is 0 Å². The second-order valence-electron chi connectivity index (χ2n) is 22.4. The van der Waals surface area contributed by atoms with E-state index in [0.29, 0.717) is 19.3 Å². The van der Waals surface area contributed by atoms with Crippen LogP contribution in [0.2, 0.25) is 0 Å². The second kappa shape index (κ2) is 61.7. The first-order chi connectivity index (χ1) is 35.5. The van der Waals surface area contributed by atoms with Gasteiger partial charge in [0.15, 0.2) is 6.10 Å². The number of allylic oxidation sites excluding steroid dienone is 2. The Balaban J connectivity index is 3.93. The number of ether oxygens (including phenoxy) is 3. The van der Waals surface area contributed by atoms with Crippen LogP contribution in [0.3, 0.4) is 0 Å². The van der Waals surface area contributed by atoms with Gasteiger partial charge < -0.3 is 14.2 Å². The summed E-state index contributed by atoms with van der Waals surface area (Å²) in [4.78, 5) is 38.0. The first kappa shape index (κ1) is 70.1. The zero-order chi connectivity index (χ0) is 52.2. The van der Waals surface area contributed by atoms with Gasteiger partial charge in [0.25, 0.3) is 0 Å². The molecule has 0 saturated heterocycles. The number of rotatable bonds is 61. The molecule has 0 radical (unpaired) electrons. The highest BCUT2D eigenvalue weighted by Crippen LogP contribution is 2.18. The zero-order valence-electron chi connectivity index (χ0n) is 49.0. The highest BCUT2D eigenvalue weighted by molar-refractivity contribution is 5.71. The molecule has 0 bridgehead atoms. The normalized spacial score (nSPS) is 12.0. The summed E-state index contributed by atoms with van der Waals surface area (Å²) in [7, 11) is 0. The minimum absolute atomic E-state index is 0.0628. The number of unbranched alkanes of at least 4 members (excludes halogenated alkanes) is 48. The van der Waals surface area contributed by atoms with Gasteiger partial charge in [0, 0.05) is 19.3 Å². The van der Waals surface area contributed by atoms with Crippen molar-refractivity contribution in [2.24, 2.45) is 0 Å². The van der Waals surface area contributed by atoms with Crippen LogP contribution in [-0.2, 0) is 28.6 Å². The van der Waals surface area contributed by atoms with Crippen molar-refractivity contribution in [3.63, 3.8) is 0 Å². The molecular weight excluding hydrogens is 889 g/mol. The van der Waals surface area contributed by atoms with Crippen LogP contribution in [0.25, 0.3) is 0 Å². The van der Waals surface area contributed by atoms with Crippen LogP contribution in [0.5, 0.6) is 0 Å². The summed E-state index contributed by atoms with van der Waals surface area (Å²) in [6.45, 7) is 6.68. The van der Waals surface area contributed by atoms with Crippen molar-refractivity contribution in [1.29, 1.82) is 0 Å². The average molecular weight is 1020 g/mol. The molecule has 0 saturated carbocycles. The lowest BCUT2D eigenvalue weighted by molar-refractivity contribution is -0.167. The Bertz CT molecular complexity index is 1120. The monoisotopic (exact) mass is 1010 g/mol. The van der Waals surface area contributed by atoms with Crippen LogP contribution in [-0.4, -0.2) is 37.2 Å². The third kappa shape index (κ3) is 59.0. The standard InChI is InChI=1S/C66H126O6/c1-4-7-10-13-16-19-22-23-24-25-26-27-28-29-30-31-32-33-34-35-36-37-38-39-40-41-42-43-45-47-50-53-56-59-65(68)71-62-63(61-70-64(67)58-55-52-49-46-21-18-15-12-9-6-3)72-66(69)60-57-54-51-48-44-20-17-14-11-8-5-2/h25-26,63H,4-24,27-62H2,1-3H3/b26-25-. The third-order valence-corrected chi connectivity index (χ3v) is 15.0. The molecule has 0 heterocycles. The van der Waals surface area contributed by atoms with Gasteiger partial charge in [0.05, 0.1) is 0 Å². The Labute approximate surface area is 450 Å². The van der Waals surface area contributed by atoms with Crippen LogP contribution in [0, 0.1) is 0 Å². The summed E-state index contributed by atoms with van der Waals surface area (Å²) < 4.78 is 16.9. The molecule has 72 heavy (non-hydrogen) atoms. The van der Waals surface area contributed by atoms with E-state index in [0.717, 1.165) is 57.8 Å². The third-order valence-electron chi connectivity index (χ3n) is 15.0. The molecule has 6 nitrogen and oxygen atoms in total. The van der Waals surface area contributed by atoms with Crippen molar-refractivity contribution in [3.05, 3.63) is 12.2 Å². The minimum atomic E-state index is -0.761. The van der Waals surface area contributed by atoms with Crippen LogP contribution >= 0.6 is 0 Å². The van der Waals surface area contributed by atoms with E-state index < -0.39 is 6.10 Å². The molecule has 1 unspecified atom stereocenters. The van der Waals surface area contributed by atoms with Crippen molar-refractivity contribution in [3.8, 4) is 0 Å². The zero-order valence-corrected chi connectivity index (χ0v) is 49.0. The molecule has 426 valence electrons. The molecule has 0 aromatic heterocycles. The van der Waals surface area contributed by atoms with E-state index in [1.807, 2.05) is 0 Å². The van der Waals surface area contributed by atoms with Crippen molar-refractivity contribution >= 4 is 17.9 Å². The van der Waals surface area contributed by atoms with Crippen LogP contribution < -0.4 is 0 Å². The van der Waals surface area contributed by atoms with E-state index in [1.54, 1.807) is 0 Å². The second-order valence-corrected chi connectivity index (χ2v) is 22.4. The number of carbonyl (C=O) groups excluding carboxylic acids is 3. The lowest BCUT2D eigenvalue weighted by Crippen LogP contribution is -2.30. The average Bonchev–Trinajstić information content (AvgIpc) is 3.38. The molecule has 0 aromatic rings. The fourth-order valence-electron chi connectivity index (χ4n) is 10.1. The molecule has 0 amide bonds. The lowest BCUT2D eigenvalue weighted by atomic mass is 10.0. The summed E-state index contributed by atoms with van der Waals surface area (Å²) in [6, 6.07) is 0. The van der Waals surface area contributed by atoms with Gasteiger partial charge in [-0.1, -0.05) is 322 Å². The van der Waals surface area contributed by atoms with Crippen LogP contribution in [0.4, 0.5) is 0 Å². The molecule has 6 heteroatoms. The molecule has 0 fully saturated rings. The van der Waals surface area contributed by atoms with E-state index in [-0.39, 0.29) is 31.1 Å². The van der Waals surface area contributed by atoms with E-state index in [9.17, 15) is 14.4 Å². The van der Waals surface area contributed by atoms with Gasteiger partial charge in [-0.3, -0.25) is 14.4 Å². The number of carbonyl (C=O) groups is 3. The molecule has 0 aliphatic carbocycles. The maximum Gasteiger partial charge on any atom is 0.306 e. The summed E-state index contributed by atoms with van der Waals surface area (Å²) in [6.07, 6.45) is 72.6. The Morgan fingerprint density at radius 1 is 0.264 bits per heavy atom. The first-order valence-electron chi connectivity index (χ1n) is 32.7. The van der Waals surface area contributed by atoms with E-state index in [1.165, 1.54) is 276 Å².